The Morgan fingerprint density at radius 1 is 1.58 bits per heavy atom. The molecule has 0 heterocycles. The summed E-state index contributed by atoms with van der Waals surface area (Å²) in [5, 5.41) is 3.68. The van der Waals surface area contributed by atoms with E-state index in [1.54, 1.807) is 0 Å². The van der Waals surface area contributed by atoms with E-state index >= 15 is 0 Å². The molecule has 0 amide bonds. The summed E-state index contributed by atoms with van der Waals surface area (Å²) in [4.78, 5) is 2.55. The highest BCUT2D eigenvalue weighted by atomic mass is 35.5. The molecule has 0 saturated carbocycles. The van der Waals surface area contributed by atoms with Gasteiger partial charge < -0.3 is 0 Å². The van der Waals surface area contributed by atoms with Crippen molar-refractivity contribution in [3.63, 3.8) is 0 Å². The first-order chi connectivity index (χ1) is 5.74. The first-order valence-electron chi connectivity index (χ1n) is 3.19. The quantitative estimate of drug-likeness (QED) is 0.386. The van der Waals surface area contributed by atoms with Gasteiger partial charge in [-0.25, -0.2) is 4.39 Å². The fraction of sp³-hybridized carbons (Fsp3) is 0.143. The molecule has 0 aromatic heterocycles. The van der Waals surface area contributed by atoms with E-state index in [1.807, 2.05) is 0 Å². The fourth-order valence-electron chi connectivity index (χ4n) is 0.772. The minimum Gasteiger partial charge on any atom is -0.207 e. The summed E-state index contributed by atoms with van der Waals surface area (Å²) < 4.78 is 12.6. The monoisotopic (exact) mass is 185 g/mol. The zero-order valence-electron chi connectivity index (χ0n) is 6.04. The highest BCUT2D eigenvalue weighted by molar-refractivity contribution is 6.31. The number of benzene rings is 1. The van der Waals surface area contributed by atoms with Crippen LogP contribution in [0.15, 0.2) is 23.3 Å². The smallest absolute Gasteiger partial charge is 0.123 e. The van der Waals surface area contributed by atoms with Gasteiger partial charge in [-0.1, -0.05) is 16.7 Å². The molecule has 1 aromatic carbocycles. The minimum absolute atomic E-state index is 0.0765. The van der Waals surface area contributed by atoms with Crippen LogP contribution in [0.25, 0.3) is 10.4 Å². The summed E-state index contributed by atoms with van der Waals surface area (Å²) in [6, 6.07) is 3.93. The lowest BCUT2D eigenvalue weighted by Gasteiger charge is -1.98. The van der Waals surface area contributed by atoms with Gasteiger partial charge in [-0.05, 0) is 29.3 Å². The average molecular weight is 186 g/mol. The van der Waals surface area contributed by atoms with E-state index in [2.05, 4.69) is 10.0 Å². The van der Waals surface area contributed by atoms with Crippen molar-refractivity contribution in [1.82, 2.24) is 0 Å². The van der Waals surface area contributed by atoms with Crippen molar-refractivity contribution in [2.24, 2.45) is 5.11 Å². The molecule has 62 valence electrons. The van der Waals surface area contributed by atoms with Gasteiger partial charge in [0.2, 0.25) is 0 Å². The highest BCUT2D eigenvalue weighted by Gasteiger charge is 1.99. The topological polar surface area (TPSA) is 48.8 Å². The molecule has 0 radical (unpaired) electrons. The minimum atomic E-state index is -0.387. The van der Waals surface area contributed by atoms with E-state index in [4.69, 9.17) is 17.1 Å². The highest BCUT2D eigenvalue weighted by Crippen LogP contribution is 2.17. The molecule has 0 aliphatic carbocycles. The second-order valence-electron chi connectivity index (χ2n) is 2.12. The maximum atomic E-state index is 12.6. The maximum absolute atomic E-state index is 12.6. The molecule has 0 unspecified atom stereocenters. The molecule has 0 aliphatic rings. The van der Waals surface area contributed by atoms with Crippen LogP contribution in [0.3, 0.4) is 0 Å². The van der Waals surface area contributed by atoms with Crippen LogP contribution in [0.2, 0.25) is 5.02 Å². The first kappa shape index (κ1) is 8.84. The Hall–Kier alpha value is -1.25. The third-order valence-corrected chi connectivity index (χ3v) is 1.68. The van der Waals surface area contributed by atoms with E-state index < -0.39 is 0 Å². The summed E-state index contributed by atoms with van der Waals surface area (Å²) in [6.07, 6.45) is 0. The molecule has 0 atom stereocenters. The number of nitrogens with zero attached hydrogens (tertiary/aromatic N) is 3. The van der Waals surface area contributed by atoms with Gasteiger partial charge in [-0.2, -0.15) is 0 Å². The largest absolute Gasteiger partial charge is 0.207 e. The van der Waals surface area contributed by atoms with Gasteiger partial charge in [0.05, 0.1) is 6.54 Å². The van der Waals surface area contributed by atoms with Crippen LogP contribution in [0.5, 0.6) is 0 Å². The fourth-order valence-corrected chi connectivity index (χ4v) is 0.950. The van der Waals surface area contributed by atoms with Crippen LogP contribution in [0, 0.1) is 5.82 Å². The number of hydrogen-bond acceptors (Lipinski definition) is 1. The molecule has 5 heteroatoms. The summed E-state index contributed by atoms with van der Waals surface area (Å²) >= 11 is 5.68. The number of hydrogen-bond donors (Lipinski definition) is 0. The molecule has 0 saturated heterocycles. The predicted molar refractivity (Wildman–Crippen MR) is 44.3 cm³/mol. The number of halogens is 2. The standard InChI is InChI=1S/C7H5ClFN3/c8-7-2-1-6(9)3-5(7)4-11-12-10/h1-3H,4H2. The Bertz CT molecular complexity index is 333. The molecule has 12 heavy (non-hydrogen) atoms. The molecule has 0 bridgehead atoms. The van der Waals surface area contributed by atoms with Crippen LogP contribution in [-0.4, -0.2) is 0 Å². The van der Waals surface area contributed by atoms with Crippen molar-refractivity contribution in [2.45, 2.75) is 6.54 Å². The van der Waals surface area contributed by atoms with Crippen LogP contribution in [-0.2, 0) is 6.54 Å². The normalized spacial score (nSPS) is 9.17. The molecule has 0 aliphatic heterocycles. The molecule has 1 rings (SSSR count). The van der Waals surface area contributed by atoms with Crippen LogP contribution < -0.4 is 0 Å². The van der Waals surface area contributed by atoms with Crippen molar-refractivity contribution >= 4 is 11.6 Å². The Morgan fingerprint density at radius 3 is 3.00 bits per heavy atom. The molecular formula is C7H5ClFN3. The van der Waals surface area contributed by atoms with Crippen molar-refractivity contribution < 1.29 is 4.39 Å². The summed E-state index contributed by atoms with van der Waals surface area (Å²) in [5.74, 6) is -0.387. The van der Waals surface area contributed by atoms with Crippen LogP contribution >= 0.6 is 11.6 Å². The zero-order chi connectivity index (χ0) is 8.97. The van der Waals surface area contributed by atoms with Crippen molar-refractivity contribution in [3.05, 3.63) is 45.0 Å². The Balaban J connectivity index is 2.96. The maximum Gasteiger partial charge on any atom is 0.123 e. The zero-order valence-corrected chi connectivity index (χ0v) is 6.79. The van der Waals surface area contributed by atoms with Gasteiger partial charge in [0.25, 0.3) is 0 Å². The Labute approximate surface area is 73.4 Å². The van der Waals surface area contributed by atoms with Gasteiger partial charge in [-0.15, -0.1) is 0 Å². The third kappa shape index (κ3) is 2.12. The second-order valence-corrected chi connectivity index (χ2v) is 2.53. The van der Waals surface area contributed by atoms with Crippen LogP contribution in [0.1, 0.15) is 5.56 Å². The van der Waals surface area contributed by atoms with E-state index in [0.29, 0.717) is 10.6 Å². The van der Waals surface area contributed by atoms with Gasteiger partial charge in [0, 0.05) is 9.93 Å². The van der Waals surface area contributed by atoms with Gasteiger partial charge >= 0.3 is 0 Å². The van der Waals surface area contributed by atoms with Gasteiger partial charge in [0.15, 0.2) is 0 Å². The van der Waals surface area contributed by atoms with Gasteiger partial charge in [-0.3, -0.25) is 0 Å². The lowest BCUT2D eigenvalue weighted by Crippen LogP contribution is -1.84. The van der Waals surface area contributed by atoms with Crippen molar-refractivity contribution in [2.75, 3.05) is 0 Å². The summed E-state index contributed by atoms with van der Waals surface area (Å²) in [7, 11) is 0. The second kappa shape index (κ2) is 3.95. The SMILES string of the molecule is [N-]=[N+]=NCc1cc(F)ccc1Cl. The number of rotatable bonds is 2. The Kier molecular flexibility index (Phi) is 2.91. The number of azide groups is 1. The van der Waals surface area contributed by atoms with E-state index in [9.17, 15) is 4.39 Å². The Morgan fingerprint density at radius 2 is 2.33 bits per heavy atom. The summed E-state index contributed by atoms with van der Waals surface area (Å²) in [6.45, 7) is 0.0765. The molecular weight excluding hydrogens is 181 g/mol. The van der Waals surface area contributed by atoms with Crippen LogP contribution in [0.4, 0.5) is 4.39 Å². The molecule has 1 aromatic rings. The molecule has 3 nitrogen and oxygen atoms in total. The average Bonchev–Trinajstić information content (AvgIpc) is 2.07. The van der Waals surface area contributed by atoms with E-state index in [-0.39, 0.29) is 12.4 Å². The molecule has 0 spiro atoms. The van der Waals surface area contributed by atoms with E-state index in [0.717, 1.165) is 0 Å². The van der Waals surface area contributed by atoms with Crippen molar-refractivity contribution in [3.8, 4) is 0 Å². The molecule has 0 N–H and O–H groups in total. The lowest BCUT2D eigenvalue weighted by molar-refractivity contribution is 0.625. The van der Waals surface area contributed by atoms with E-state index in [1.165, 1.54) is 18.2 Å². The first-order valence-corrected chi connectivity index (χ1v) is 3.56. The lowest BCUT2D eigenvalue weighted by atomic mass is 10.2. The third-order valence-electron chi connectivity index (χ3n) is 1.31. The summed E-state index contributed by atoms with van der Waals surface area (Å²) in [5.41, 5.74) is 8.50. The van der Waals surface area contributed by atoms with Gasteiger partial charge in [0.1, 0.15) is 5.82 Å². The molecule has 0 fully saturated rings. The predicted octanol–water partition coefficient (Wildman–Crippen LogP) is 3.29. The van der Waals surface area contributed by atoms with Crippen molar-refractivity contribution in [1.29, 1.82) is 0 Å².